The van der Waals surface area contributed by atoms with Crippen LogP contribution < -0.4 is 10.3 Å². The first-order chi connectivity index (χ1) is 16.4. The van der Waals surface area contributed by atoms with Crippen LogP contribution in [0, 0.1) is 0 Å². The van der Waals surface area contributed by atoms with Gasteiger partial charge in [-0.3, -0.25) is 13.8 Å². The SMILES string of the molecule is COc1ccccc1Cn1c(=O)c2sccc2n2c(SCc3cccc(C(F)(F)F)c3)nnc12. The van der Waals surface area contributed by atoms with Gasteiger partial charge in [0, 0.05) is 11.3 Å². The molecule has 0 amide bonds. The lowest BCUT2D eigenvalue weighted by Crippen LogP contribution is -2.23. The fourth-order valence-corrected chi connectivity index (χ4v) is 5.43. The fraction of sp³-hybridized carbons (Fsp3) is 0.174. The predicted octanol–water partition coefficient (Wildman–Crippen LogP) is 5.47. The molecule has 3 aromatic heterocycles. The van der Waals surface area contributed by atoms with Crippen molar-refractivity contribution in [2.75, 3.05) is 7.11 Å². The molecule has 0 aliphatic rings. The fourth-order valence-electron chi connectivity index (χ4n) is 3.73. The summed E-state index contributed by atoms with van der Waals surface area (Å²) in [5.74, 6) is 1.27. The Hall–Kier alpha value is -3.31. The summed E-state index contributed by atoms with van der Waals surface area (Å²) < 4.78 is 48.5. The highest BCUT2D eigenvalue weighted by atomic mass is 32.2. The van der Waals surface area contributed by atoms with Gasteiger partial charge in [-0.15, -0.1) is 21.5 Å². The molecule has 174 valence electrons. The van der Waals surface area contributed by atoms with Gasteiger partial charge in [0.15, 0.2) is 5.16 Å². The summed E-state index contributed by atoms with van der Waals surface area (Å²) in [6, 6.07) is 14.4. The van der Waals surface area contributed by atoms with Gasteiger partial charge in [0.05, 0.1) is 24.7 Å². The monoisotopic (exact) mass is 502 g/mol. The highest BCUT2D eigenvalue weighted by molar-refractivity contribution is 7.98. The van der Waals surface area contributed by atoms with Crippen molar-refractivity contribution in [3.8, 4) is 5.75 Å². The van der Waals surface area contributed by atoms with Crippen molar-refractivity contribution in [1.82, 2.24) is 19.2 Å². The number of fused-ring (bicyclic) bond motifs is 3. The molecule has 0 unspecified atom stereocenters. The number of rotatable bonds is 6. The topological polar surface area (TPSA) is 61.4 Å². The molecule has 0 aliphatic heterocycles. The van der Waals surface area contributed by atoms with Crippen molar-refractivity contribution >= 4 is 39.1 Å². The van der Waals surface area contributed by atoms with E-state index >= 15 is 0 Å². The van der Waals surface area contributed by atoms with Gasteiger partial charge in [-0.25, -0.2) is 0 Å². The minimum Gasteiger partial charge on any atom is -0.496 e. The summed E-state index contributed by atoms with van der Waals surface area (Å²) in [5, 5.41) is 10.8. The van der Waals surface area contributed by atoms with Gasteiger partial charge in [-0.2, -0.15) is 13.2 Å². The number of thioether (sulfide) groups is 1. The van der Waals surface area contributed by atoms with E-state index in [0.29, 0.717) is 32.5 Å². The molecular weight excluding hydrogens is 485 g/mol. The third kappa shape index (κ3) is 4.05. The zero-order valence-electron chi connectivity index (χ0n) is 17.7. The number of para-hydroxylation sites is 1. The average Bonchev–Trinajstić information content (AvgIpc) is 3.47. The molecule has 0 bridgehead atoms. The molecule has 0 fully saturated rings. The molecule has 0 saturated heterocycles. The summed E-state index contributed by atoms with van der Waals surface area (Å²) in [5.41, 5.74) is 1.11. The van der Waals surface area contributed by atoms with E-state index < -0.39 is 11.7 Å². The van der Waals surface area contributed by atoms with Crippen LogP contribution in [0.15, 0.2) is 69.9 Å². The largest absolute Gasteiger partial charge is 0.496 e. The Morgan fingerprint density at radius 3 is 2.71 bits per heavy atom. The standard InChI is InChI=1S/C23H17F3N4O2S2/c1-32-18-8-3-2-6-15(18)12-29-20(31)19-17(9-10-33-19)30-21(29)27-28-22(30)34-13-14-5-4-7-16(11-14)23(24,25)26/h2-11H,12-13H2,1H3. The number of benzene rings is 2. The first kappa shape index (κ1) is 22.5. The number of ether oxygens (including phenoxy) is 1. The maximum absolute atomic E-state index is 13.3. The number of methoxy groups -OCH3 is 1. The van der Waals surface area contributed by atoms with Crippen LogP contribution in [0.2, 0.25) is 0 Å². The lowest BCUT2D eigenvalue weighted by molar-refractivity contribution is -0.137. The average molecular weight is 503 g/mol. The zero-order chi connectivity index (χ0) is 23.9. The predicted molar refractivity (Wildman–Crippen MR) is 126 cm³/mol. The van der Waals surface area contributed by atoms with Crippen molar-refractivity contribution in [3.05, 3.63) is 87.0 Å². The molecule has 0 aliphatic carbocycles. The lowest BCUT2D eigenvalue weighted by atomic mass is 10.1. The number of thiophene rings is 1. The van der Waals surface area contributed by atoms with Gasteiger partial charge in [-0.1, -0.05) is 48.2 Å². The van der Waals surface area contributed by atoms with Gasteiger partial charge in [-0.05, 0) is 29.1 Å². The summed E-state index contributed by atoms with van der Waals surface area (Å²) >= 11 is 2.58. The molecule has 5 aromatic rings. The second-order valence-corrected chi connectivity index (χ2v) is 9.30. The van der Waals surface area contributed by atoms with Gasteiger partial charge < -0.3 is 4.74 Å². The molecule has 2 aromatic carbocycles. The van der Waals surface area contributed by atoms with Gasteiger partial charge >= 0.3 is 6.18 Å². The zero-order valence-corrected chi connectivity index (χ0v) is 19.4. The number of nitrogens with zero attached hydrogens (tertiary/aromatic N) is 4. The van der Waals surface area contributed by atoms with E-state index in [1.807, 2.05) is 35.7 Å². The second-order valence-electron chi connectivity index (χ2n) is 7.44. The van der Waals surface area contributed by atoms with Crippen molar-refractivity contribution in [1.29, 1.82) is 0 Å². The molecule has 5 rings (SSSR count). The van der Waals surface area contributed by atoms with Crippen molar-refractivity contribution in [2.24, 2.45) is 0 Å². The summed E-state index contributed by atoms with van der Waals surface area (Å²) in [6.07, 6.45) is -4.40. The number of hydrogen-bond donors (Lipinski definition) is 0. The van der Waals surface area contributed by atoms with Gasteiger partial charge in [0.2, 0.25) is 5.78 Å². The molecule has 3 heterocycles. The van der Waals surface area contributed by atoms with E-state index in [1.165, 1.54) is 33.7 Å². The van der Waals surface area contributed by atoms with E-state index in [4.69, 9.17) is 4.74 Å². The minimum absolute atomic E-state index is 0.190. The van der Waals surface area contributed by atoms with E-state index in [-0.39, 0.29) is 17.9 Å². The Bertz CT molecular complexity index is 1560. The third-order valence-corrected chi connectivity index (χ3v) is 7.22. The maximum atomic E-state index is 13.3. The summed E-state index contributed by atoms with van der Waals surface area (Å²) in [7, 11) is 1.57. The molecule has 0 saturated carbocycles. The highest BCUT2D eigenvalue weighted by Crippen LogP contribution is 2.32. The molecule has 0 spiro atoms. The summed E-state index contributed by atoms with van der Waals surface area (Å²) in [6.45, 7) is 0.233. The third-order valence-electron chi connectivity index (χ3n) is 5.33. The van der Waals surface area contributed by atoms with Crippen LogP contribution in [0.25, 0.3) is 16.0 Å². The number of hydrogen-bond acceptors (Lipinski definition) is 6. The first-order valence-corrected chi connectivity index (χ1v) is 12.0. The van der Waals surface area contributed by atoms with Crippen molar-refractivity contribution < 1.29 is 17.9 Å². The Kier molecular flexibility index (Phi) is 5.82. The molecular formula is C23H17F3N4O2S2. The van der Waals surface area contributed by atoms with Crippen LogP contribution in [0.3, 0.4) is 0 Å². The Balaban J connectivity index is 1.56. The Morgan fingerprint density at radius 1 is 1.09 bits per heavy atom. The molecule has 0 N–H and O–H groups in total. The lowest BCUT2D eigenvalue weighted by Gasteiger charge is -2.12. The van der Waals surface area contributed by atoms with Crippen LogP contribution >= 0.6 is 23.1 Å². The minimum atomic E-state index is -4.40. The van der Waals surface area contributed by atoms with E-state index in [0.717, 1.165) is 17.7 Å². The van der Waals surface area contributed by atoms with Gasteiger partial charge in [0.25, 0.3) is 5.56 Å². The number of halogens is 3. The Morgan fingerprint density at radius 2 is 1.91 bits per heavy atom. The first-order valence-electron chi connectivity index (χ1n) is 10.1. The molecule has 34 heavy (non-hydrogen) atoms. The van der Waals surface area contributed by atoms with Gasteiger partial charge in [0.1, 0.15) is 10.4 Å². The second kappa shape index (κ2) is 8.80. The normalized spacial score (nSPS) is 12.0. The molecule has 0 atom stereocenters. The Labute approximate surface area is 199 Å². The van der Waals surface area contributed by atoms with Crippen molar-refractivity contribution in [2.45, 2.75) is 23.6 Å². The number of alkyl halides is 3. The van der Waals surface area contributed by atoms with E-state index in [2.05, 4.69) is 10.2 Å². The van der Waals surface area contributed by atoms with E-state index in [1.54, 1.807) is 17.6 Å². The molecule has 11 heteroatoms. The van der Waals surface area contributed by atoms with Crippen LogP contribution in [0.4, 0.5) is 13.2 Å². The number of aromatic nitrogens is 4. The van der Waals surface area contributed by atoms with Crippen LogP contribution in [0.5, 0.6) is 5.75 Å². The smallest absolute Gasteiger partial charge is 0.416 e. The summed E-state index contributed by atoms with van der Waals surface area (Å²) in [4.78, 5) is 13.3. The molecule has 0 radical (unpaired) electrons. The van der Waals surface area contributed by atoms with E-state index in [9.17, 15) is 18.0 Å². The molecule has 6 nitrogen and oxygen atoms in total. The van der Waals surface area contributed by atoms with Crippen LogP contribution in [0.1, 0.15) is 16.7 Å². The highest BCUT2D eigenvalue weighted by Gasteiger charge is 2.30. The van der Waals surface area contributed by atoms with Crippen molar-refractivity contribution in [3.63, 3.8) is 0 Å². The van der Waals surface area contributed by atoms with Crippen LogP contribution in [-0.2, 0) is 18.5 Å². The quantitative estimate of drug-likeness (QED) is 0.288. The maximum Gasteiger partial charge on any atom is 0.416 e. The van der Waals surface area contributed by atoms with Crippen LogP contribution in [-0.4, -0.2) is 26.3 Å².